The second-order valence-electron chi connectivity index (χ2n) is 7.03. The van der Waals surface area contributed by atoms with E-state index >= 15 is 0 Å². The molecule has 3 heterocycles. The number of nitrogens with zero attached hydrogens (tertiary/aromatic N) is 5. The van der Waals surface area contributed by atoms with E-state index < -0.39 is 0 Å². The van der Waals surface area contributed by atoms with Crippen LogP contribution >= 0.6 is 0 Å². The van der Waals surface area contributed by atoms with Crippen LogP contribution < -0.4 is 4.90 Å². The van der Waals surface area contributed by atoms with Crippen LogP contribution in [0.4, 0.5) is 5.95 Å². The third-order valence-electron chi connectivity index (χ3n) is 5.14. The number of hydrogen-bond donors (Lipinski definition) is 0. The van der Waals surface area contributed by atoms with Gasteiger partial charge in [0.05, 0.1) is 5.52 Å². The average molecular weight is 343 g/mol. The Balaban J connectivity index is 1.83. The van der Waals surface area contributed by atoms with Crippen LogP contribution in [-0.2, 0) is 0 Å². The molecule has 0 N–H and O–H groups in total. The summed E-state index contributed by atoms with van der Waals surface area (Å²) >= 11 is 0. The molecule has 0 saturated carbocycles. The summed E-state index contributed by atoms with van der Waals surface area (Å²) in [4.78, 5) is 7.40. The third-order valence-corrected chi connectivity index (χ3v) is 5.14. The molecule has 26 heavy (non-hydrogen) atoms. The first-order valence-electron chi connectivity index (χ1n) is 9.27. The molecule has 5 nitrogen and oxygen atoms in total. The van der Waals surface area contributed by atoms with E-state index in [1.165, 1.54) is 24.8 Å². The zero-order valence-electron chi connectivity index (χ0n) is 14.9. The second-order valence-corrected chi connectivity index (χ2v) is 7.03. The van der Waals surface area contributed by atoms with Crippen molar-refractivity contribution >= 4 is 22.5 Å². The van der Waals surface area contributed by atoms with Crippen molar-refractivity contribution in [2.75, 3.05) is 18.0 Å². The van der Waals surface area contributed by atoms with E-state index in [4.69, 9.17) is 4.98 Å². The van der Waals surface area contributed by atoms with E-state index in [0.29, 0.717) is 0 Å². The van der Waals surface area contributed by atoms with Crippen molar-refractivity contribution < 1.29 is 0 Å². The highest BCUT2D eigenvalue weighted by atomic mass is 15.4. The van der Waals surface area contributed by atoms with E-state index in [0.717, 1.165) is 47.0 Å². The van der Waals surface area contributed by atoms with Gasteiger partial charge in [0, 0.05) is 24.0 Å². The molecule has 5 heteroatoms. The number of hydrogen-bond acceptors (Lipinski definition) is 4. The lowest BCUT2D eigenvalue weighted by Crippen LogP contribution is -2.32. The van der Waals surface area contributed by atoms with Crippen molar-refractivity contribution in [1.29, 1.82) is 0 Å². The van der Waals surface area contributed by atoms with E-state index in [1.807, 2.05) is 12.1 Å². The largest absolute Gasteiger partial charge is 0.342 e. The highest BCUT2D eigenvalue weighted by Crippen LogP contribution is 2.29. The molecule has 2 aromatic carbocycles. The van der Waals surface area contributed by atoms with Gasteiger partial charge in [-0.3, -0.25) is 0 Å². The first kappa shape index (κ1) is 15.3. The molecule has 0 amide bonds. The summed E-state index contributed by atoms with van der Waals surface area (Å²) in [5, 5.41) is 10.2. The van der Waals surface area contributed by atoms with Crippen LogP contribution in [0.5, 0.6) is 0 Å². The molecule has 0 radical (unpaired) electrons. The highest BCUT2D eigenvalue weighted by molar-refractivity contribution is 5.93. The Labute approximate surface area is 152 Å². The Morgan fingerprint density at radius 2 is 1.73 bits per heavy atom. The topological polar surface area (TPSA) is 46.3 Å². The highest BCUT2D eigenvalue weighted by Gasteiger charge is 2.21. The van der Waals surface area contributed by atoms with Gasteiger partial charge in [0.1, 0.15) is 0 Å². The van der Waals surface area contributed by atoms with E-state index in [-0.39, 0.29) is 0 Å². The number of piperidine rings is 1. The lowest BCUT2D eigenvalue weighted by molar-refractivity contribution is 0.567. The number of benzene rings is 2. The summed E-state index contributed by atoms with van der Waals surface area (Å²) in [7, 11) is 0. The van der Waals surface area contributed by atoms with Gasteiger partial charge in [-0.05, 0) is 44.4 Å². The number of rotatable bonds is 2. The van der Waals surface area contributed by atoms with E-state index in [1.54, 1.807) is 0 Å². The molecular weight excluding hydrogens is 322 g/mol. The smallest absolute Gasteiger partial charge is 0.213 e. The predicted octanol–water partition coefficient (Wildman–Crippen LogP) is 4.24. The van der Waals surface area contributed by atoms with Crippen LogP contribution in [0, 0.1) is 6.92 Å². The quantitative estimate of drug-likeness (QED) is 0.546. The Bertz CT molecular complexity index is 1090. The fourth-order valence-corrected chi connectivity index (χ4v) is 3.84. The molecule has 0 spiro atoms. The summed E-state index contributed by atoms with van der Waals surface area (Å²) in [5.74, 6) is 1.82. The second kappa shape index (κ2) is 6.09. The summed E-state index contributed by atoms with van der Waals surface area (Å²) < 4.78 is 2.14. The maximum Gasteiger partial charge on any atom is 0.213 e. The Morgan fingerprint density at radius 1 is 0.885 bits per heavy atom. The average Bonchev–Trinajstić information content (AvgIpc) is 3.13. The fourth-order valence-electron chi connectivity index (χ4n) is 3.84. The SMILES string of the molecule is Cc1cccc(-c2nnc3c4ccccc4nc(N4CCCCC4)n23)c1. The number of aryl methyl sites for hydroxylation is 1. The maximum atomic E-state index is 5.02. The lowest BCUT2D eigenvalue weighted by atomic mass is 10.1. The molecule has 1 aliphatic rings. The summed E-state index contributed by atoms with van der Waals surface area (Å²) in [6.07, 6.45) is 3.70. The summed E-state index contributed by atoms with van der Waals surface area (Å²) in [6.45, 7) is 4.17. The number of aromatic nitrogens is 4. The van der Waals surface area contributed by atoms with Crippen molar-refractivity contribution in [3.63, 3.8) is 0 Å². The van der Waals surface area contributed by atoms with Crippen molar-refractivity contribution in [3.05, 3.63) is 54.1 Å². The van der Waals surface area contributed by atoms with Crippen LogP contribution in [0.15, 0.2) is 48.5 Å². The number of anilines is 1. The molecular formula is C21H21N5. The Morgan fingerprint density at radius 3 is 2.58 bits per heavy atom. The van der Waals surface area contributed by atoms with Gasteiger partial charge < -0.3 is 4.90 Å². The molecule has 130 valence electrons. The van der Waals surface area contributed by atoms with Crippen LogP contribution in [0.1, 0.15) is 24.8 Å². The molecule has 5 rings (SSSR count). The number of para-hydroxylation sites is 1. The van der Waals surface area contributed by atoms with Crippen molar-refractivity contribution in [3.8, 4) is 11.4 Å². The van der Waals surface area contributed by atoms with Crippen LogP contribution in [0.3, 0.4) is 0 Å². The van der Waals surface area contributed by atoms with Crippen molar-refractivity contribution in [1.82, 2.24) is 19.6 Å². The molecule has 1 saturated heterocycles. The maximum absolute atomic E-state index is 5.02. The molecule has 4 aromatic rings. The minimum atomic E-state index is 0.863. The van der Waals surface area contributed by atoms with Crippen molar-refractivity contribution in [2.24, 2.45) is 0 Å². The minimum absolute atomic E-state index is 0.863. The van der Waals surface area contributed by atoms with Gasteiger partial charge in [0.2, 0.25) is 5.95 Å². The van der Waals surface area contributed by atoms with Gasteiger partial charge in [-0.1, -0.05) is 35.9 Å². The fraction of sp³-hybridized carbons (Fsp3) is 0.286. The molecule has 0 aliphatic carbocycles. The van der Waals surface area contributed by atoms with Gasteiger partial charge in [-0.2, -0.15) is 0 Å². The molecule has 2 aromatic heterocycles. The minimum Gasteiger partial charge on any atom is -0.342 e. The standard InChI is InChI=1S/C21H21N5/c1-15-8-7-9-16(14-15)19-23-24-20-17-10-3-4-11-18(17)22-21(26(19)20)25-12-5-2-6-13-25/h3-4,7-11,14H,2,5-6,12-13H2,1H3. The predicted molar refractivity (Wildman–Crippen MR) is 105 cm³/mol. The van der Waals surface area contributed by atoms with E-state index in [2.05, 4.69) is 62.8 Å². The van der Waals surface area contributed by atoms with Crippen LogP contribution in [0.25, 0.3) is 27.9 Å². The Hall–Kier alpha value is -2.95. The molecule has 0 atom stereocenters. The Kier molecular flexibility index (Phi) is 3.59. The van der Waals surface area contributed by atoms with Crippen molar-refractivity contribution in [2.45, 2.75) is 26.2 Å². The lowest BCUT2D eigenvalue weighted by Gasteiger charge is -2.28. The summed E-state index contributed by atoms with van der Waals surface area (Å²) in [6, 6.07) is 16.6. The normalized spacial score (nSPS) is 15.0. The zero-order chi connectivity index (χ0) is 17.5. The summed E-state index contributed by atoms with van der Waals surface area (Å²) in [5.41, 5.74) is 4.15. The van der Waals surface area contributed by atoms with Crippen LogP contribution in [0.2, 0.25) is 0 Å². The molecule has 0 unspecified atom stereocenters. The number of fused-ring (bicyclic) bond motifs is 3. The van der Waals surface area contributed by atoms with Gasteiger partial charge in [-0.25, -0.2) is 9.38 Å². The van der Waals surface area contributed by atoms with E-state index in [9.17, 15) is 0 Å². The van der Waals surface area contributed by atoms with Gasteiger partial charge in [0.15, 0.2) is 11.5 Å². The zero-order valence-corrected chi connectivity index (χ0v) is 14.9. The van der Waals surface area contributed by atoms with Gasteiger partial charge in [0.25, 0.3) is 0 Å². The molecule has 0 bridgehead atoms. The van der Waals surface area contributed by atoms with Gasteiger partial charge in [-0.15, -0.1) is 10.2 Å². The monoisotopic (exact) mass is 343 g/mol. The first-order chi connectivity index (χ1) is 12.8. The first-order valence-corrected chi connectivity index (χ1v) is 9.27. The van der Waals surface area contributed by atoms with Gasteiger partial charge >= 0.3 is 0 Å². The molecule has 1 aliphatic heterocycles. The van der Waals surface area contributed by atoms with Crippen LogP contribution in [-0.4, -0.2) is 32.7 Å². The third kappa shape index (κ3) is 2.43. The molecule has 1 fully saturated rings.